The third kappa shape index (κ3) is 2.87. The molecule has 1 aliphatic rings. The summed E-state index contributed by atoms with van der Waals surface area (Å²) in [7, 11) is 0. The van der Waals surface area contributed by atoms with Crippen LogP contribution in [0.15, 0.2) is 15.2 Å². The fourth-order valence-corrected chi connectivity index (χ4v) is 3.64. The minimum Gasteiger partial charge on any atom is -0.338 e. The van der Waals surface area contributed by atoms with Gasteiger partial charge in [0.25, 0.3) is 5.91 Å². The Kier molecular flexibility index (Phi) is 4.44. The molecule has 1 aromatic rings. The number of alkyl halides is 1. The van der Waals surface area contributed by atoms with E-state index in [0.29, 0.717) is 5.92 Å². The summed E-state index contributed by atoms with van der Waals surface area (Å²) in [5, 5.41) is 2.91. The fraction of sp³-hybridized carbons (Fsp3) is 0.545. The van der Waals surface area contributed by atoms with Crippen LogP contribution < -0.4 is 0 Å². The fourth-order valence-electron chi connectivity index (χ4n) is 1.98. The van der Waals surface area contributed by atoms with E-state index in [1.807, 2.05) is 16.3 Å². The Morgan fingerprint density at radius 1 is 1.62 bits per heavy atom. The Morgan fingerprint density at radius 3 is 3.06 bits per heavy atom. The van der Waals surface area contributed by atoms with Gasteiger partial charge in [0.2, 0.25) is 0 Å². The molecule has 0 radical (unpaired) electrons. The molecule has 1 fully saturated rings. The molecule has 1 atom stereocenters. The lowest BCUT2D eigenvalue weighted by atomic mass is 10.00. The molecule has 2 nitrogen and oxygen atoms in total. The number of likely N-dealkylation sites (tertiary alicyclic amines) is 1. The van der Waals surface area contributed by atoms with Crippen LogP contribution in [0.3, 0.4) is 0 Å². The zero-order chi connectivity index (χ0) is 11.5. The SMILES string of the molecule is O=C(c1csc(Br)c1)N1CCCC(CBr)C1. The van der Waals surface area contributed by atoms with Crippen LogP contribution in [0.5, 0.6) is 0 Å². The number of hydrogen-bond donors (Lipinski definition) is 0. The number of nitrogens with zero attached hydrogens (tertiary/aromatic N) is 1. The topological polar surface area (TPSA) is 20.3 Å². The second kappa shape index (κ2) is 5.65. The smallest absolute Gasteiger partial charge is 0.254 e. The van der Waals surface area contributed by atoms with Gasteiger partial charge in [0.15, 0.2) is 0 Å². The van der Waals surface area contributed by atoms with E-state index in [4.69, 9.17) is 0 Å². The van der Waals surface area contributed by atoms with Crippen molar-refractivity contribution in [1.29, 1.82) is 0 Å². The second-order valence-electron chi connectivity index (χ2n) is 4.05. The average molecular weight is 367 g/mol. The summed E-state index contributed by atoms with van der Waals surface area (Å²) >= 11 is 8.46. The molecule has 0 saturated carbocycles. The molecule has 0 spiro atoms. The van der Waals surface area contributed by atoms with Crippen LogP contribution >= 0.6 is 43.2 Å². The molecule has 88 valence electrons. The van der Waals surface area contributed by atoms with Crippen molar-refractivity contribution in [2.75, 3.05) is 18.4 Å². The molecule has 1 aromatic heterocycles. The molecule has 1 aliphatic heterocycles. The van der Waals surface area contributed by atoms with Crippen LogP contribution in [0.25, 0.3) is 0 Å². The summed E-state index contributed by atoms with van der Waals surface area (Å²) in [6.07, 6.45) is 2.34. The van der Waals surface area contributed by atoms with E-state index in [1.54, 1.807) is 11.3 Å². The predicted molar refractivity (Wildman–Crippen MR) is 74.4 cm³/mol. The maximum atomic E-state index is 12.2. The first kappa shape index (κ1) is 12.6. The Hall–Kier alpha value is 0.130. The number of thiophene rings is 1. The predicted octanol–water partition coefficient (Wildman–Crippen LogP) is 3.76. The molecule has 0 bridgehead atoms. The molecular weight excluding hydrogens is 354 g/mol. The van der Waals surface area contributed by atoms with Crippen molar-refractivity contribution in [3.63, 3.8) is 0 Å². The van der Waals surface area contributed by atoms with Crippen molar-refractivity contribution < 1.29 is 4.79 Å². The minimum atomic E-state index is 0.174. The highest BCUT2D eigenvalue weighted by molar-refractivity contribution is 9.11. The Balaban J connectivity index is 2.04. The number of piperidine rings is 1. The van der Waals surface area contributed by atoms with Gasteiger partial charge in [0.1, 0.15) is 0 Å². The van der Waals surface area contributed by atoms with Crippen LogP contribution in [0.4, 0.5) is 0 Å². The molecule has 0 N–H and O–H groups in total. The van der Waals surface area contributed by atoms with Crippen molar-refractivity contribution in [1.82, 2.24) is 4.90 Å². The lowest BCUT2D eigenvalue weighted by molar-refractivity contribution is 0.0686. The number of carbonyl (C=O) groups is 1. The van der Waals surface area contributed by atoms with Crippen molar-refractivity contribution in [3.05, 3.63) is 20.8 Å². The molecule has 1 amide bonds. The summed E-state index contributed by atoms with van der Waals surface area (Å²) in [5.74, 6) is 0.785. The van der Waals surface area contributed by atoms with Gasteiger partial charge < -0.3 is 4.90 Å². The first-order valence-corrected chi connectivity index (χ1v) is 8.09. The largest absolute Gasteiger partial charge is 0.338 e. The third-order valence-corrected chi connectivity index (χ3v) is 5.26. The molecule has 16 heavy (non-hydrogen) atoms. The van der Waals surface area contributed by atoms with Gasteiger partial charge >= 0.3 is 0 Å². The highest BCUT2D eigenvalue weighted by Gasteiger charge is 2.24. The average Bonchev–Trinajstić information content (AvgIpc) is 2.75. The van der Waals surface area contributed by atoms with Gasteiger partial charge in [0.05, 0.1) is 9.35 Å². The molecule has 1 saturated heterocycles. The molecule has 2 heterocycles. The van der Waals surface area contributed by atoms with Crippen molar-refractivity contribution in [2.45, 2.75) is 12.8 Å². The summed E-state index contributed by atoms with van der Waals surface area (Å²) in [6, 6.07) is 1.91. The van der Waals surface area contributed by atoms with Crippen molar-refractivity contribution in [3.8, 4) is 0 Å². The van der Waals surface area contributed by atoms with Crippen molar-refractivity contribution >= 4 is 49.1 Å². The lowest BCUT2D eigenvalue weighted by Gasteiger charge is -2.31. The van der Waals surface area contributed by atoms with Crippen LogP contribution in [0.1, 0.15) is 23.2 Å². The molecule has 5 heteroatoms. The molecule has 2 rings (SSSR count). The first-order valence-electron chi connectivity index (χ1n) is 5.30. The highest BCUT2D eigenvalue weighted by Crippen LogP contribution is 2.24. The van der Waals surface area contributed by atoms with Gasteiger partial charge in [-0.15, -0.1) is 11.3 Å². The number of halogens is 2. The zero-order valence-electron chi connectivity index (χ0n) is 8.79. The lowest BCUT2D eigenvalue weighted by Crippen LogP contribution is -2.40. The standard InChI is InChI=1S/C11H13Br2NOS/c12-5-8-2-1-3-14(6-8)11(15)9-4-10(13)16-7-9/h4,7-8H,1-3,5-6H2. The molecule has 0 aliphatic carbocycles. The number of amides is 1. The Morgan fingerprint density at radius 2 is 2.44 bits per heavy atom. The van der Waals surface area contributed by atoms with Gasteiger partial charge in [-0.2, -0.15) is 0 Å². The monoisotopic (exact) mass is 365 g/mol. The quantitative estimate of drug-likeness (QED) is 0.730. The van der Waals surface area contributed by atoms with Gasteiger partial charge in [-0.25, -0.2) is 0 Å². The van der Waals surface area contributed by atoms with Gasteiger partial charge in [-0.1, -0.05) is 15.9 Å². The number of hydrogen-bond acceptors (Lipinski definition) is 2. The van der Waals surface area contributed by atoms with Crippen LogP contribution in [-0.2, 0) is 0 Å². The molecule has 1 unspecified atom stereocenters. The number of rotatable bonds is 2. The highest BCUT2D eigenvalue weighted by atomic mass is 79.9. The maximum Gasteiger partial charge on any atom is 0.254 e. The summed E-state index contributed by atoms with van der Waals surface area (Å²) in [6.45, 7) is 1.79. The Labute approximate surface area is 116 Å². The van der Waals surface area contributed by atoms with E-state index in [2.05, 4.69) is 31.9 Å². The zero-order valence-corrected chi connectivity index (χ0v) is 12.8. The number of carbonyl (C=O) groups excluding carboxylic acids is 1. The van der Waals surface area contributed by atoms with E-state index in [0.717, 1.165) is 34.2 Å². The summed E-state index contributed by atoms with van der Waals surface area (Å²) in [5.41, 5.74) is 0.812. The van der Waals surface area contributed by atoms with E-state index in [1.165, 1.54) is 6.42 Å². The van der Waals surface area contributed by atoms with Crippen LogP contribution in [-0.4, -0.2) is 29.2 Å². The molecular formula is C11H13Br2NOS. The van der Waals surface area contributed by atoms with Gasteiger partial charge in [-0.3, -0.25) is 4.79 Å². The van der Waals surface area contributed by atoms with Gasteiger partial charge in [-0.05, 0) is 40.8 Å². The van der Waals surface area contributed by atoms with Gasteiger partial charge in [0, 0.05) is 23.8 Å². The third-order valence-electron chi connectivity index (χ3n) is 2.84. The Bertz CT molecular complexity index is 380. The summed E-state index contributed by atoms with van der Waals surface area (Å²) in [4.78, 5) is 14.1. The minimum absolute atomic E-state index is 0.174. The summed E-state index contributed by atoms with van der Waals surface area (Å²) < 4.78 is 1.02. The van der Waals surface area contributed by atoms with E-state index >= 15 is 0 Å². The van der Waals surface area contributed by atoms with E-state index in [9.17, 15) is 4.79 Å². The van der Waals surface area contributed by atoms with Crippen molar-refractivity contribution in [2.24, 2.45) is 5.92 Å². The first-order chi connectivity index (χ1) is 7.70. The van der Waals surface area contributed by atoms with Crippen LogP contribution in [0, 0.1) is 5.92 Å². The normalized spacial score (nSPS) is 21.1. The maximum absolute atomic E-state index is 12.2. The van der Waals surface area contributed by atoms with E-state index in [-0.39, 0.29) is 5.91 Å². The molecule has 0 aromatic carbocycles. The van der Waals surface area contributed by atoms with Crippen LogP contribution in [0.2, 0.25) is 0 Å². The second-order valence-corrected chi connectivity index (χ2v) is 6.99. The van der Waals surface area contributed by atoms with E-state index < -0.39 is 0 Å².